The fourth-order valence-corrected chi connectivity index (χ4v) is 3.09. The average Bonchev–Trinajstić information content (AvgIpc) is 2.81. The third-order valence-electron chi connectivity index (χ3n) is 4.42. The number of nitrogens with one attached hydrogen (secondary N) is 2. The predicted octanol–water partition coefficient (Wildman–Crippen LogP) is 5.50. The Hall–Kier alpha value is -3.06. The predicted molar refractivity (Wildman–Crippen MR) is 131 cm³/mol. The van der Waals surface area contributed by atoms with Crippen molar-refractivity contribution in [1.29, 1.82) is 0 Å². The third kappa shape index (κ3) is 8.09. The second-order valence-electron chi connectivity index (χ2n) is 6.91. The first kappa shape index (κ1) is 24.6. The first-order chi connectivity index (χ1) is 15.9. The fourth-order valence-electron chi connectivity index (χ4n) is 2.66. The number of carbonyl (C=O) groups is 2. The van der Waals surface area contributed by atoms with Crippen LogP contribution in [-0.4, -0.2) is 24.6 Å². The van der Waals surface area contributed by atoms with Gasteiger partial charge in [-0.05, 0) is 65.7 Å². The van der Waals surface area contributed by atoms with Gasteiger partial charge in [0.15, 0.2) is 0 Å². The van der Waals surface area contributed by atoms with Gasteiger partial charge in [0.05, 0.1) is 16.3 Å². The highest BCUT2D eigenvalue weighted by Gasteiger charge is 2.08. The molecule has 0 fully saturated rings. The third-order valence-corrected chi connectivity index (χ3v) is 5.41. The van der Waals surface area contributed by atoms with E-state index in [1.54, 1.807) is 12.1 Å². The number of halogens is 3. The van der Waals surface area contributed by atoms with Crippen molar-refractivity contribution in [2.75, 3.05) is 6.54 Å². The largest absolute Gasteiger partial charge is 0.489 e. The molecule has 0 spiro atoms. The molecule has 2 amide bonds. The molecule has 0 atom stereocenters. The molecule has 0 saturated carbocycles. The van der Waals surface area contributed by atoms with Gasteiger partial charge < -0.3 is 10.1 Å². The van der Waals surface area contributed by atoms with Crippen LogP contribution in [0.2, 0.25) is 15.1 Å². The van der Waals surface area contributed by atoms with Gasteiger partial charge in [0, 0.05) is 23.6 Å². The minimum absolute atomic E-state index is 0.0713. The number of hydrogen-bond donors (Lipinski definition) is 2. The molecule has 0 saturated heterocycles. The molecule has 3 rings (SSSR count). The number of hydrazone groups is 1. The summed E-state index contributed by atoms with van der Waals surface area (Å²) in [7, 11) is 0. The minimum atomic E-state index is -0.344. The quantitative estimate of drug-likeness (QED) is 0.298. The van der Waals surface area contributed by atoms with Crippen LogP contribution in [0, 0.1) is 0 Å². The Balaban J connectivity index is 1.37. The molecule has 0 aliphatic rings. The van der Waals surface area contributed by atoms with E-state index >= 15 is 0 Å². The molecule has 0 aliphatic heterocycles. The van der Waals surface area contributed by atoms with Crippen LogP contribution in [0.3, 0.4) is 0 Å². The molecule has 0 heterocycles. The normalized spacial score (nSPS) is 10.8. The maximum Gasteiger partial charge on any atom is 0.251 e. The molecular formula is C24H20Cl3N3O3. The zero-order chi connectivity index (χ0) is 23.6. The average molecular weight is 505 g/mol. The van der Waals surface area contributed by atoms with Gasteiger partial charge in [-0.1, -0.05) is 46.9 Å². The van der Waals surface area contributed by atoms with E-state index < -0.39 is 0 Å². The lowest BCUT2D eigenvalue weighted by atomic mass is 10.2. The first-order valence-corrected chi connectivity index (χ1v) is 11.1. The summed E-state index contributed by atoms with van der Waals surface area (Å²) < 4.78 is 5.73. The van der Waals surface area contributed by atoms with Crippen LogP contribution in [0.15, 0.2) is 71.8 Å². The fraction of sp³-hybridized carbons (Fsp3) is 0.125. The Morgan fingerprint density at radius 2 is 1.64 bits per heavy atom. The number of nitrogens with zero attached hydrogens (tertiary/aromatic N) is 1. The molecule has 9 heteroatoms. The Morgan fingerprint density at radius 3 is 2.33 bits per heavy atom. The van der Waals surface area contributed by atoms with Crippen LogP contribution < -0.4 is 15.5 Å². The Bertz CT molecular complexity index is 1130. The summed E-state index contributed by atoms with van der Waals surface area (Å²) in [6.45, 7) is 0.586. The van der Waals surface area contributed by atoms with Crippen molar-refractivity contribution in [3.8, 4) is 5.75 Å². The van der Waals surface area contributed by atoms with Crippen LogP contribution in [0.4, 0.5) is 0 Å². The smallest absolute Gasteiger partial charge is 0.251 e. The molecular weight excluding hydrogens is 485 g/mol. The number of hydrogen-bond acceptors (Lipinski definition) is 4. The van der Waals surface area contributed by atoms with E-state index in [0.717, 1.165) is 11.1 Å². The minimum Gasteiger partial charge on any atom is -0.489 e. The topological polar surface area (TPSA) is 79.8 Å². The highest BCUT2D eigenvalue weighted by atomic mass is 35.5. The second kappa shape index (κ2) is 12.3. The maximum atomic E-state index is 12.1. The Labute approximate surface area is 206 Å². The summed E-state index contributed by atoms with van der Waals surface area (Å²) in [5, 5.41) is 7.91. The van der Waals surface area contributed by atoms with E-state index in [2.05, 4.69) is 15.8 Å². The number of amides is 2. The van der Waals surface area contributed by atoms with Crippen molar-refractivity contribution in [3.05, 3.63) is 98.5 Å². The summed E-state index contributed by atoms with van der Waals surface area (Å²) in [5.74, 6) is 0.0377. The lowest BCUT2D eigenvalue weighted by Crippen LogP contribution is -2.29. The van der Waals surface area contributed by atoms with Gasteiger partial charge in [0.2, 0.25) is 5.91 Å². The SMILES string of the molecule is O=C(CCNC(=O)c1ccc(Cl)c(Cl)c1)NN=Cc1ccc(OCc2ccc(Cl)cc2)cc1. The van der Waals surface area contributed by atoms with Gasteiger partial charge >= 0.3 is 0 Å². The summed E-state index contributed by atoms with van der Waals surface area (Å²) in [6.07, 6.45) is 1.59. The monoisotopic (exact) mass is 503 g/mol. The molecule has 2 N–H and O–H groups in total. The molecule has 3 aromatic carbocycles. The number of carbonyl (C=O) groups excluding carboxylic acids is 2. The molecule has 0 aromatic heterocycles. The summed E-state index contributed by atoms with van der Waals surface area (Å²) >= 11 is 17.6. The Kier molecular flexibility index (Phi) is 9.13. The summed E-state index contributed by atoms with van der Waals surface area (Å²) in [6, 6.07) is 19.3. The highest BCUT2D eigenvalue weighted by molar-refractivity contribution is 6.42. The lowest BCUT2D eigenvalue weighted by molar-refractivity contribution is -0.120. The van der Waals surface area contributed by atoms with Gasteiger partial charge in [0.1, 0.15) is 12.4 Å². The van der Waals surface area contributed by atoms with Crippen LogP contribution in [0.5, 0.6) is 5.75 Å². The molecule has 0 unspecified atom stereocenters. The van der Waals surface area contributed by atoms with Crippen molar-refractivity contribution in [2.45, 2.75) is 13.0 Å². The second-order valence-corrected chi connectivity index (χ2v) is 8.16. The van der Waals surface area contributed by atoms with E-state index in [0.29, 0.717) is 28.0 Å². The van der Waals surface area contributed by atoms with Crippen LogP contribution in [-0.2, 0) is 11.4 Å². The van der Waals surface area contributed by atoms with Crippen molar-refractivity contribution in [2.24, 2.45) is 5.10 Å². The van der Waals surface area contributed by atoms with E-state index in [9.17, 15) is 9.59 Å². The molecule has 33 heavy (non-hydrogen) atoms. The summed E-state index contributed by atoms with van der Waals surface area (Å²) in [4.78, 5) is 24.0. The Morgan fingerprint density at radius 1 is 0.909 bits per heavy atom. The molecule has 0 bridgehead atoms. The number of benzene rings is 3. The van der Waals surface area contributed by atoms with Gasteiger partial charge in [0.25, 0.3) is 5.91 Å². The van der Waals surface area contributed by atoms with Gasteiger partial charge in [-0.15, -0.1) is 0 Å². The molecule has 0 radical (unpaired) electrons. The van der Waals surface area contributed by atoms with E-state index in [-0.39, 0.29) is 29.8 Å². The molecule has 170 valence electrons. The lowest BCUT2D eigenvalue weighted by Gasteiger charge is -2.07. The zero-order valence-corrected chi connectivity index (χ0v) is 19.6. The molecule has 0 aliphatic carbocycles. The van der Waals surface area contributed by atoms with Gasteiger partial charge in [-0.3, -0.25) is 9.59 Å². The summed E-state index contributed by atoms with van der Waals surface area (Å²) in [5.41, 5.74) is 4.60. The maximum absolute atomic E-state index is 12.1. The van der Waals surface area contributed by atoms with Crippen molar-refractivity contribution >= 4 is 52.8 Å². The van der Waals surface area contributed by atoms with E-state index in [4.69, 9.17) is 39.5 Å². The zero-order valence-electron chi connectivity index (χ0n) is 17.4. The van der Waals surface area contributed by atoms with Gasteiger partial charge in [-0.25, -0.2) is 5.43 Å². The van der Waals surface area contributed by atoms with E-state index in [1.165, 1.54) is 12.3 Å². The molecule has 6 nitrogen and oxygen atoms in total. The van der Waals surface area contributed by atoms with Crippen molar-refractivity contribution in [1.82, 2.24) is 10.7 Å². The van der Waals surface area contributed by atoms with Crippen LogP contribution in [0.25, 0.3) is 0 Å². The standard InChI is InChI=1S/C24H20Cl3N3O3/c25-19-6-1-17(2-7-19)15-33-20-8-3-16(4-9-20)14-29-30-23(31)11-12-28-24(32)18-5-10-21(26)22(27)13-18/h1-10,13-14H,11-12,15H2,(H,28,32)(H,30,31). The van der Waals surface area contributed by atoms with Gasteiger partial charge in [-0.2, -0.15) is 5.10 Å². The van der Waals surface area contributed by atoms with Crippen molar-refractivity contribution < 1.29 is 14.3 Å². The van der Waals surface area contributed by atoms with Crippen LogP contribution in [0.1, 0.15) is 27.9 Å². The van der Waals surface area contributed by atoms with Crippen molar-refractivity contribution in [3.63, 3.8) is 0 Å². The molecule has 3 aromatic rings. The number of rotatable bonds is 9. The van der Waals surface area contributed by atoms with E-state index in [1.807, 2.05) is 48.5 Å². The number of ether oxygens (including phenoxy) is 1. The highest BCUT2D eigenvalue weighted by Crippen LogP contribution is 2.22. The van der Waals surface area contributed by atoms with Crippen LogP contribution >= 0.6 is 34.8 Å². The first-order valence-electron chi connectivity index (χ1n) is 9.93.